The second-order valence-electron chi connectivity index (χ2n) is 8.28. The predicted octanol–water partition coefficient (Wildman–Crippen LogP) is 2.63. The molecule has 2 bridgehead atoms. The van der Waals surface area contributed by atoms with Gasteiger partial charge in [-0.25, -0.2) is 4.39 Å². The molecule has 0 unspecified atom stereocenters. The van der Waals surface area contributed by atoms with Crippen molar-refractivity contribution >= 4 is 5.91 Å². The number of carbonyl (C=O) groups is 1. The summed E-state index contributed by atoms with van der Waals surface area (Å²) in [7, 11) is 0. The van der Waals surface area contributed by atoms with Crippen LogP contribution in [0.25, 0.3) is 0 Å². The number of ether oxygens (including phenoxy) is 1. The number of benzene rings is 1. The smallest absolute Gasteiger partial charge is 0.252 e. The lowest BCUT2D eigenvalue weighted by atomic mass is 9.73. The third-order valence-electron chi connectivity index (χ3n) is 6.57. The Labute approximate surface area is 163 Å². The number of pyridine rings is 1. The molecule has 4 atom stereocenters. The number of carbonyl (C=O) groups excluding carboxylic acids is 1. The molecule has 5 nitrogen and oxygen atoms in total. The Balaban J connectivity index is 1.25. The summed E-state index contributed by atoms with van der Waals surface area (Å²) in [5.74, 6) is 0.462. The number of nitrogens with one attached hydrogen (secondary N) is 1. The number of nitrogens with zero attached hydrogens (tertiary/aromatic N) is 2. The minimum absolute atomic E-state index is 0.0838. The van der Waals surface area contributed by atoms with Gasteiger partial charge in [0.2, 0.25) is 0 Å². The molecule has 3 aliphatic rings. The quantitative estimate of drug-likeness (QED) is 0.865. The van der Waals surface area contributed by atoms with Gasteiger partial charge in [0.15, 0.2) is 0 Å². The van der Waals surface area contributed by atoms with Crippen molar-refractivity contribution in [3.63, 3.8) is 0 Å². The van der Waals surface area contributed by atoms with E-state index in [1.165, 1.54) is 6.07 Å². The molecule has 0 radical (unpaired) electrons. The molecule has 1 spiro atoms. The van der Waals surface area contributed by atoms with E-state index in [0.717, 1.165) is 38.0 Å². The van der Waals surface area contributed by atoms with Gasteiger partial charge in [0.1, 0.15) is 5.82 Å². The Kier molecular flexibility index (Phi) is 4.40. The van der Waals surface area contributed by atoms with Gasteiger partial charge < -0.3 is 10.1 Å². The summed E-state index contributed by atoms with van der Waals surface area (Å²) in [6, 6.07) is 10.4. The average molecular weight is 381 g/mol. The summed E-state index contributed by atoms with van der Waals surface area (Å²) < 4.78 is 20.0. The molecule has 0 aliphatic carbocycles. The van der Waals surface area contributed by atoms with Gasteiger partial charge in [-0.2, -0.15) is 0 Å². The highest BCUT2D eigenvalue weighted by atomic mass is 19.1. The van der Waals surface area contributed by atoms with Crippen molar-refractivity contribution in [2.24, 2.45) is 11.8 Å². The maximum atomic E-state index is 13.5. The van der Waals surface area contributed by atoms with Crippen LogP contribution in [0.15, 0.2) is 48.8 Å². The minimum Gasteiger partial charge on any atom is -0.370 e. The molecule has 28 heavy (non-hydrogen) atoms. The molecule has 1 N–H and O–H groups in total. The van der Waals surface area contributed by atoms with Crippen LogP contribution >= 0.6 is 0 Å². The highest BCUT2D eigenvalue weighted by molar-refractivity contribution is 5.93. The van der Waals surface area contributed by atoms with Crippen LogP contribution in [-0.4, -0.2) is 47.1 Å². The lowest BCUT2D eigenvalue weighted by molar-refractivity contribution is 0.00212. The SMILES string of the molecule is O=C(NC[C@H]1[C@H]2CN(Cc3cccc(F)c3)C[C@]23CC[C@H]1O3)c1cccnc1. The van der Waals surface area contributed by atoms with Crippen LogP contribution in [-0.2, 0) is 11.3 Å². The number of rotatable bonds is 5. The zero-order valence-corrected chi connectivity index (χ0v) is 15.7. The molecule has 3 saturated heterocycles. The van der Waals surface area contributed by atoms with Gasteiger partial charge in [-0.1, -0.05) is 12.1 Å². The molecular formula is C22H24FN3O2. The van der Waals surface area contributed by atoms with Crippen LogP contribution < -0.4 is 5.32 Å². The first-order chi connectivity index (χ1) is 13.6. The number of likely N-dealkylation sites (tertiary alicyclic amines) is 1. The summed E-state index contributed by atoms with van der Waals surface area (Å²) >= 11 is 0. The van der Waals surface area contributed by atoms with E-state index in [2.05, 4.69) is 15.2 Å². The number of hydrogen-bond donors (Lipinski definition) is 1. The minimum atomic E-state index is -0.191. The van der Waals surface area contributed by atoms with Crippen molar-refractivity contribution in [2.45, 2.75) is 31.1 Å². The topological polar surface area (TPSA) is 54.5 Å². The maximum absolute atomic E-state index is 13.5. The molecule has 2 aromatic rings. The van der Waals surface area contributed by atoms with Crippen LogP contribution in [0.2, 0.25) is 0 Å². The van der Waals surface area contributed by atoms with E-state index < -0.39 is 0 Å². The lowest BCUT2D eigenvalue weighted by Gasteiger charge is -2.29. The molecule has 146 valence electrons. The number of amides is 1. The van der Waals surface area contributed by atoms with Crippen molar-refractivity contribution in [3.05, 3.63) is 65.7 Å². The third kappa shape index (κ3) is 3.10. The summed E-state index contributed by atoms with van der Waals surface area (Å²) in [6.07, 6.45) is 5.61. The summed E-state index contributed by atoms with van der Waals surface area (Å²) in [5, 5.41) is 3.08. The third-order valence-corrected chi connectivity index (χ3v) is 6.57. The first-order valence-corrected chi connectivity index (χ1v) is 9.96. The highest BCUT2D eigenvalue weighted by Crippen LogP contribution is 2.54. The van der Waals surface area contributed by atoms with E-state index >= 15 is 0 Å². The number of halogens is 1. The molecule has 0 saturated carbocycles. The largest absolute Gasteiger partial charge is 0.370 e. The molecule has 3 fully saturated rings. The van der Waals surface area contributed by atoms with Gasteiger partial charge >= 0.3 is 0 Å². The molecule has 4 heterocycles. The number of fused-ring (bicyclic) bond motifs is 1. The van der Waals surface area contributed by atoms with Crippen molar-refractivity contribution in [3.8, 4) is 0 Å². The van der Waals surface area contributed by atoms with Crippen molar-refractivity contribution in [1.82, 2.24) is 15.2 Å². The van der Waals surface area contributed by atoms with E-state index in [0.29, 0.717) is 23.9 Å². The van der Waals surface area contributed by atoms with Crippen molar-refractivity contribution in [1.29, 1.82) is 0 Å². The Morgan fingerprint density at radius 1 is 1.36 bits per heavy atom. The fourth-order valence-electron chi connectivity index (χ4n) is 5.38. The fraction of sp³-hybridized carbons (Fsp3) is 0.455. The molecule has 3 aliphatic heterocycles. The monoisotopic (exact) mass is 381 g/mol. The van der Waals surface area contributed by atoms with Gasteiger partial charge in [0.05, 0.1) is 17.3 Å². The van der Waals surface area contributed by atoms with Crippen LogP contribution in [0.3, 0.4) is 0 Å². The second kappa shape index (κ2) is 6.94. The summed E-state index contributed by atoms with van der Waals surface area (Å²) in [5.41, 5.74) is 1.48. The molecule has 1 amide bonds. The van der Waals surface area contributed by atoms with E-state index in [1.54, 1.807) is 36.7 Å². The van der Waals surface area contributed by atoms with Crippen LogP contribution in [0.4, 0.5) is 4.39 Å². The highest BCUT2D eigenvalue weighted by Gasteiger charge is 2.62. The lowest BCUT2D eigenvalue weighted by Crippen LogP contribution is -2.41. The molecule has 5 rings (SSSR count). The van der Waals surface area contributed by atoms with Crippen LogP contribution in [0.5, 0.6) is 0 Å². The van der Waals surface area contributed by atoms with Gasteiger partial charge in [-0.05, 0) is 42.7 Å². The normalized spacial score (nSPS) is 31.1. The summed E-state index contributed by atoms with van der Waals surface area (Å²) in [6.45, 7) is 3.18. The van der Waals surface area contributed by atoms with Gasteiger partial charge in [-0.15, -0.1) is 0 Å². The second-order valence-corrected chi connectivity index (χ2v) is 8.28. The molecular weight excluding hydrogens is 357 g/mol. The summed E-state index contributed by atoms with van der Waals surface area (Å²) in [4.78, 5) is 18.8. The first-order valence-electron chi connectivity index (χ1n) is 9.96. The number of hydrogen-bond acceptors (Lipinski definition) is 4. The Bertz CT molecular complexity index is 877. The van der Waals surface area contributed by atoms with E-state index in [-0.39, 0.29) is 23.4 Å². The van der Waals surface area contributed by atoms with Crippen molar-refractivity contribution in [2.75, 3.05) is 19.6 Å². The van der Waals surface area contributed by atoms with Gasteiger partial charge in [0.25, 0.3) is 5.91 Å². The van der Waals surface area contributed by atoms with Crippen LogP contribution in [0, 0.1) is 17.7 Å². The Morgan fingerprint density at radius 2 is 2.29 bits per heavy atom. The molecule has 1 aromatic carbocycles. The maximum Gasteiger partial charge on any atom is 0.252 e. The standard InChI is InChI=1S/C22H24FN3O2/c23-17-5-1-3-15(9-17)12-26-13-19-18(20-6-7-22(19,14-26)28-20)11-25-21(27)16-4-2-8-24-10-16/h1-5,8-10,18-20H,6-7,11-14H2,(H,25,27)/t18-,19+,20+,22+/m0/s1. The van der Waals surface area contributed by atoms with Crippen molar-refractivity contribution < 1.29 is 13.9 Å². The van der Waals surface area contributed by atoms with E-state index in [9.17, 15) is 9.18 Å². The van der Waals surface area contributed by atoms with Gasteiger partial charge in [-0.3, -0.25) is 14.7 Å². The fourth-order valence-corrected chi connectivity index (χ4v) is 5.38. The molecule has 1 aromatic heterocycles. The Morgan fingerprint density at radius 3 is 3.11 bits per heavy atom. The number of aromatic nitrogens is 1. The average Bonchev–Trinajstić information content (AvgIpc) is 3.35. The Hall–Kier alpha value is -2.31. The van der Waals surface area contributed by atoms with Gasteiger partial charge in [0, 0.05) is 50.4 Å². The predicted molar refractivity (Wildman–Crippen MR) is 102 cm³/mol. The van der Waals surface area contributed by atoms with Crippen LogP contribution in [0.1, 0.15) is 28.8 Å². The van der Waals surface area contributed by atoms with E-state index in [4.69, 9.17) is 4.74 Å². The zero-order chi connectivity index (χ0) is 19.1. The van der Waals surface area contributed by atoms with E-state index in [1.807, 2.05) is 6.07 Å². The first kappa shape index (κ1) is 17.8. The molecule has 6 heteroatoms. The zero-order valence-electron chi connectivity index (χ0n) is 15.7.